The van der Waals surface area contributed by atoms with Gasteiger partial charge in [-0.2, -0.15) is 13.2 Å². The van der Waals surface area contributed by atoms with Crippen LogP contribution in [-0.2, 0) is 0 Å². The predicted octanol–water partition coefficient (Wildman–Crippen LogP) is 3.04. The standard InChI is InChI=1S/C12H25F3N2/c1-4-8-17(10-12(13,14)15)9-6-7-11(5-2)16-3/h11,16H,4-10H2,1-3H3. The topological polar surface area (TPSA) is 15.3 Å². The molecule has 0 heterocycles. The smallest absolute Gasteiger partial charge is 0.317 e. The number of hydrogen-bond acceptors (Lipinski definition) is 2. The summed E-state index contributed by atoms with van der Waals surface area (Å²) in [6.45, 7) is 4.27. The first-order chi connectivity index (χ1) is 7.92. The maximum absolute atomic E-state index is 12.3. The van der Waals surface area contributed by atoms with Gasteiger partial charge >= 0.3 is 6.18 Å². The highest BCUT2D eigenvalue weighted by Gasteiger charge is 2.30. The van der Waals surface area contributed by atoms with Crippen molar-refractivity contribution in [1.82, 2.24) is 10.2 Å². The summed E-state index contributed by atoms with van der Waals surface area (Å²) in [5.41, 5.74) is 0. The van der Waals surface area contributed by atoms with E-state index in [1.165, 1.54) is 4.90 Å². The first-order valence-corrected chi connectivity index (χ1v) is 6.39. The van der Waals surface area contributed by atoms with Crippen molar-refractivity contribution in [3.05, 3.63) is 0 Å². The molecule has 104 valence electrons. The van der Waals surface area contributed by atoms with Gasteiger partial charge in [0.05, 0.1) is 6.54 Å². The summed E-state index contributed by atoms with van der Waals surface area (Å²) in [6, 6.07) is 0.421. The van der Waals surface area contributed by atoms with Crippen molar-refractivity contribution in [2.45, 2.75) is 51.7 Å². The SMILES string of the molecule is CCCN(CCCC(CC)NC)CC(F)(F)F. The van der Waals surface area contributed by atoms with E-state index in [4.69, 9.17) is 0 Å². The summed E-state index contributed by atoms with van der Waals surface area (Å²) in [4.78, 5) is 1.50. The molecule has 0 bridgehead atoms. The van der Waals surface area contributed by atoms with Crippen LogP contribution in [-0.4, -0.2) is 43.8 Å². The molecule has 0 rings (SSSR count). The molecular formula is C12H25F3N2. The molecule has 1 atom stereocenters. The van der Waals surface area contributed by atoms with Gasteiger partial charge in [0.15, 0.2) is 0 Å². The second kappa shape index (κ2) is 8.75. The van der Waals surface area contributed by atoms with E-state index in [1.54, 1.807) is 0 Å². The zero-order chi connectivity index (χ0) is 13.3. The number of hydrogen-bond donors (Lipinski definition) is 1. The van der Waals surface area contributed by atoms with Crippen LogP contribution in [0.25, 0.3) is 0 Å². The first-order valence-electron chi connectivity index (χ1n) is 6.39. The fourth-order valence-electron chi connectivity index (χ4n) is 1.95. The Hall–Kier alpha value is -0.290. The molecule has 0 aliphatic carbocycles. The first kappa shape index (κ1) is 16.7. The molecule has 1 unspecified atom stereocenters. The second-order valence-electron chi connectivity index (χ2n) is 4.43. The van der Waals surface area contributed by atoms with E-state index in [-0.39, 0.29) is 0 Å². The fraction of sp³-hybridized carbons (Fsp3) is 1.00. The lowest BCUT2D eigenvalue weighted by atomic mass is 10.1. The van der Waals surface area contributed by atoms with Crippen molar-refractivity contribution >= 4 is 0 Å². The zero-order valence-electron chi connectivity index (χ0n) is 11.1. The minimum Gasteiger partial charge on any atom is -0.317 e. The molecule has 2 nitrogen and oxygen atoms in total. The lowest BCUT2D eigenvalue weighted by molar-refractivity contribution is -0.146. The third-order valence-corrected chi connectivity index (χ3v) is 2.87. The summed E-state index contributed by atoms with van der Waals surface area (Å²) in [5.74, 6) is 0. The minimum atomic E-state index is -4.08. The van der Waals surface area contributed by atoms with Crippen LogP contribution in [0.1, 0.15) is 39.5 Å². The fourth-order valence-corrected chi connectivity index (χ4v) is 1.95. The molecular weight excluding hydrogens is 229 g/mol. The lowest BCUT2D eigenvalue weighted by Gasteiger charge is -2.24. The van der Waals surface area contributed by atoms with Crippen LogP contribution in [0.2, 0.25) is 0 Å². The molecule has 17 heavy (non-hydrogen) atoms. The molecule has 0 aliphatic rings. The van der Waals surface area contributed by atoms with Crippen LogP contribution in [0.15, 0.2) is 0 Å². The van der Waals surface area contributed by atoms with E-state index < -0.39 is 12.7 Å². The van der Waals surface area contributed by atoms with E-state index in [2.05, 4.69) is 12.2 Å². The van der Waals surface area contributed by atoms with Crippen LogP contribution in [0.5, 0.6) is 0 Å². The van der Waals surface area contributed by atoms with Crippen molar-refractivity contribution in [2.24, 2.45) is 0 Å². The van der Waals surface area contributed by atoms with Crippen molar-refractivity contribution in [1.29, 1.82) is 0 Å². The van der Waals surface area contributed by atoms with E-state index in [0.29, 0.717) is 19.1 Å². The Morgan fingerprint density at radius 3 is 2.24 bits per heavy atom. The summed E-state index contributed by atoms with van der Waals surface area (Å²) in [5, 5.41) is 3.16. The molecule has 0 aromatic heterocycles. The number of nitrogens with zero attached hydrogens (tertiary/aromatic N) is 1. The molecule has 0 aliphatic heterocycles. The van der Waals surface area contributed by atoms with E-state index in [9.17, 15) is 13.2 Å². The van der Waals surface area contributed by atoms with Crippen molar-refractivity contribution in [3.63, 3.8) is 0 Å². The number of rotatable bonds is 9. The Bertz CT molecular complexity index is 179. The molecule has 5 heteroatoms. The van der Waals surface area contributed by atoms with Gasteiger partial charge < -0.3 is 5.32 Å². The van der Waals surface area contributed by atoms with Crippen LogP contribution < -0.4 is 5.32 Å². The molecule has 0 saturated carbocycles. The molecule has 1 N–H and O–H groups in total. The Labute approximate surface area is 103 Å². The Kier molecular flexibility index (Phi) is 8.60. The largest absolute Gasteiger partial charge is 0.401 e. The molecule has 0 aromatic carbocycles. The molecule has 0 radical (unpaired) electrons. The highest BCUT2D eigenvalue weighted by molar-refractivity contribution is 4.67. The van der Waals surface area contributed by atoms with Crippen molar-refractivity contribution in [3.8, 4) is 0 Å². The number of nitrogens with one attached hydrogen (secondary N) is 1. The van der Waals surface area contributed by atoms with Gasteiger partial charge in [0.2, 0.25) is 0 Å². The van der Waals surface area contributed by atoms with Crippen molar-refractivity contribution in [2.75, 3.05) is 26.7 Å². The average molecular weight is 254 g/mol. The third kappa shape index (κ3) is 9.41. The zero-order valence-corrected chi connectivity index (χ0v) is 11.1. The van der Waals surface area contributed by atoms with Gasteiger partial charge in [-0.3, -0.25) is 4.90 Å². The Balaban J connectivity index is 3.92. The van der Waals surface area contributed by atoms with Crippen LogP contribution in [0, 0.1) is 0 Å². The molecule has 0 saturated heterocycles. The molecule has 0 fully saturated rings. The van der Waals surface area contributed by atoms with E-state index in [0.717, 1.165) is 25.7 Å². The maximum Gasteiger partial charge on any atom is 0.401 e. The van der Waals surface area contributed by atoms with Gasteiger partial charge in [0.1, 0.15) is 0 Å². The highest BCUT2D eigenvalue weighted by atomic mass is 19.4. The van der Waals surface area contributed by atoms with Crippen LogP contribution >= 0.6 is 0 Å². The minimum absolute atomic E-state index is 0.421. The van der Waals surface area contributed by atoms with Crippen molar-refractivity contribution < 1.29 is 13.2 Å². The van der Waals surface area contributed by atoms with Crippen LogP contribution in [0.4, 0.5) is 13.2 Å². The number of alkyl halides is 3. The summed E-state index contributed by atoms with van der Waals surface area (Å²) in [6.07, 6.45) is -0.550. The second-order valence-corrected chi connectivity index (χ2v) is 4.43. The number of halogens is 3. The third-order valence-electron chi connectivity index (χ3n) is 2.87. The Morgan fingerprint density at radius 1 is 1.18 bits per heavy atom. The quantitative estimate of drug-likeness (QED) is 0.680. The van der Waals surface area contributed by atoms with Gasteiger partial charge in [-0.05, 0) is 45.8 Å². The van der Waals surface area contributed by atoms with Gasteiger partial charge in [-0.15, -0.1) is 0 Å². The molecule has 0 aromatic rings. The molecule has 0 spiro atoms. The molecule has 0 amide bonds. The van der Waals surface area contributed by atoms with Crippen LogP contribution in [0.3, 0.4) is 0 Å². The predicted molar refractivity (Wildman–Crippen MR) is 65.2 cm³/mol. The summed E-state index contributed by atoms with van der Waals surface area (Å²) < 4.78 is 36.9. The summed E-state index contributed by atoms with van der Waals surface area (Å²) >= 11 is 0. The Morgan fingerprint density at radius 2 is 1.82 bits per heavy atom. The maximum atomic E-state index is 12.3. The monoisotopic (exact) mass is 254 g/mol. The van der Waals surface area contributed by atoms with Gasteiger partial charge in [0, 0.05) is 6.04 Å². The summed E-state index contributed by atoms with van der Waals surface area (Å²) in [7, 11) is 1.90. The van der Waals surface area contributed by atoms with Gasteiger partial charge in [-0.1, -0.05) is 13.8 Å². The normalized spacial score (nSPS) is 14.3. The van der Waals surface area contributed by atoms with E-state index in [1.807, 2.05) is 14.0 Å². The van der Waals surface area contributed by atoms with Gasteiger partial charge in [-0.25, -0.2) is 0 Å². The highest BCUT2D eigenvalue weighted by Crippen LogP contribution is 2.17. The lowest BCUT2D eigenvalue weighted by Crippen LogP contribution is -2.36. The average Bonchev–Trinajstić information content (AvgIpc) is 2.22. The van der Waals surface area contributed by atoms with Gasteiger partial charge in [0.25, 0.3) is 0 Å². The van der Waals surface area contributed by atoms with E-state index >= 15 is 0 Å².